The highest BCUT2D eigenvalue weighted by molar-refractivity contribution is 6.06. The molecule has 3 heterocycles. The number of nitrogens with zero attached hydrogens (tertiary/aromatic N) is 4. The molecule has 2 aliphatic heterocycles. The molecule has 2 aromatic rings. The van der Waals surface area contributed by atoms with Gasteiger partial charge in [0.15, 0.2) is 17.3 Å². The molecule has 1 aromatic heterocycles. The molecule has 0 spiro atoms. The molecule has 0 atom stereocenters. The van der Waals surface area contributed by atoms with E-state index in [0.29, 0.717) is 34.5 Å². The zero-order valence-electron chi connectivity index (χ0n) is 14.9. The third-order valence-electron chi connectivity index (χ3n) is 4.45. The molecule has 8 heteroatoms. The fraction of sp³-hybridized carbons (Fsp3) is 0.389. The number of rotatable bonds is 4. The third kappa shape index (κ3) is 3.10. The van der Waals surface area contributed by atoms with E-state index < -0.39 is 0 Å². The Labute approximate surface area is 151 Å². The first-order valence-corrected chi connectivity index (χ1v) is 8.62. The minimum absolute atomic E-state index is 0.178. The van der Waals surface area contributed by atoms with Gasteiger partial charge in [-0.2, -0.15) is 4.98 Å². The molecule has 2 aliphatic rings. The summed E-state index contributed by atoms with van der Waals surface area (Å²) in [4.78, 5) is 25.7. The lowest BCUT2D eigenvalue weighted by molar-refractivity contribution is 0.102. The normalized spacial score (nSPS) is 15.2. The van der Waals surface area contributed by atoms with Crippen molar-refractivity contribution < 1.29 is 14.3 Å². The van der Waals surface area contributed by atoms with Crippen LogP contribution in [-0.4, -0.2) is 49.9 Å². The van der Waals surface area contributed by atoms with Crippen LogP contribution in [0.15, 0.2) is 24.4 Å². The summed E-state index contributed by atoms with van der Waals surface area (Å²) < 4.78 is 10.6. The van der Waals surface area contributed by atoms with E-state index in [1.54, 1.807) is 24.4 Å². The monoisotopic (exact) mass is 355 g/mol. The fourth-order valence-corrected chi connectivity index (χ4v) is 3.09. The van der Waals surface area contributed by atoms with Crippen LogP contribution < -0.4 is 24.6 Å². The quantitative estimate of drug-likeness (QED) is 0.900. The third-order valence-corrected chi connectivity index (χ3v) is 4.45. The lowest BCUT2D eigenvalue weighted by Crippen LogP contribution is -2.23. The standard InChI is InChI=1S/C18H21N5O3/c1-22(2)16-13(10-19-18(21-16)23-7-3-4-8-23)20-17(24)12-5-6-14-15(9-12)26-11-25-14/h5-6,9-10H,3-4,7-8,11H2,1-2H3,(H,20,24). The van der Waals surface area contributed by atoms with Gasteiger partial charge in [0.1, 0.15) is 5.69 Å². The topological polar surface area (TPSA) is 79.8 Å². The summed E-state index contributed by atoms with van der Waals surface area (Å²) in [5, 5.41) is 2.90. The molecule has 1 N–H and O–H groups in total. The molecule has 1 amide bonds. The van der Waals surface area contributed by atoms with Crippen molar-refractivity contribution in [2.45, 2.75) is 12.8 Å². The van der Waals surface area contributed by atoms with Gasteiger partial charge in [0.2, 0.25) is 12.7 Å². The molecule has 0 saturated carbocycles. The van der Waals surface area contributed by atoms with Crippen LogP contribution in [0.5, 0.6) is 11.5 Å². The largest absolute Gasteiger partial charge is 0.454 e. The predicted molar refractivity (Wildman–Crippen MR) is 98.3 cm³/mol. The smallest absolute Gasteiger partial charge is 0.255 e. The van der Waals surface area contributed by atoms with Gasteiger partial charge in [-0.1, -0.05) is 0 Å². The molecule has 0 radical (unpaired) electrons. The Morgan fingerprint density at radius 2 is 1.96 bits per heavy atom. The van der Waals surface area contributed by atoms with Crippen molar-refractivity contribution >= 4 is 23.4 Å². The first-order chi connectivity index (χ1) is 12.6. The van der Waals surface area contributed by atoms with E-state index in [9.17, 15) is 4.79 Å². The van der Waals surface area contributed by atoms with Crippen LogP contribution >= 0.6 is 0 Å². The number of hydrogen-bond donors (Lipinski definition) is 1. The van der Waals surface area contributed by atoms with Gasteiger partial charge in [0.25, 0.3) is 5.91 Å². The van der Waals surface area contributed by atoms with Crippen molar-refractivity contribution in [1.29, 1.82) is 0 Å². The van der Waals surface area contributed by atoms with Crippen molar-refractivity contribution in [3.8, 4) is 11.5 Å². The number of carbonyl (C=O) groups excluding carboxylic acids is 1. The van der Waals surface area contributed by atoms with Crippen molar-refractivity contribution in [3.63, 3.8) is 0 Å². The van der Waals surface area contributed by atoms with Gasteiger partial charge in [-0.05, 0) is 31.0 Å². The molecular weight excluding hydrogens is 334 g/mol. The molecule has 1 aromatic carbocycles. The van der Waals surface area contributed by atoms with Crippen LogP contribution in [0.2, 0.25) is 0 Å². The Hall–Kier alpha value is -3.03. The number of hydrogen-bond acceptors (Lipinski definition) is 7. The molecule has 136 valence electrons. The fourth-order valence-electron chi connectivity index (χ4n) is 3.09. The molecule has 1 saturated heterocycles. The van der Waals surface area contributed by atoms with Gasteiger partial charge in [-0.25, -0.2) is 4.98 Å². The number of carbonyl (C=O) groups is 1. The summed E-state index contributed by atoms with van der Waals surface area (Å²) in [6.07, 6.45) is 3.98. The average molecular weight is 355 g/mol. The lowest BCUT2D eigenvalue weighted by Gasteiger charge is -2.21. The van der Waals surface area contributed by atoms with E-state index in [1.165, 1.54) is 0 Å². The molecule has 26 heavy (non-hydrogen) atoms. The number of aromatic nitrogens is 2. The van der Waals surface area contributed by atoms with Crippen LogP contribution in [0.1, 0.15) is 23.2 Å². The molecule has 0 unspecified atom stereocenters. The molecular formula is C18H21N5O3. The van der Waals surface area contributed by atoms with Crippen LogP contribution in [0.4, 0.5) is 17.5 Å². The molecule has 4 rings (SSSR count). The zero-order chi connectivity index (χ0) is 18.1. The van der Waals surface area contributed by atoms with Crippen molar-refractivity contribution in [2.75, 3.05) is 49.1 Å². The van der Waals surface area contributed by atoms with Gasteiger partial charge in [0.05, 0.1) is 6.20 Å². The second-order valence-electron chi connectivity index (χ2n) is 6.52. The summed E-state index contributed by atoms with van der Waals surface area (Å²) >= 11 is 0. The van der Waals surface area contributed by atoms with E-state index in [0.717, 1.165) is 25.9 Å². The highest BCUT2D eigenvalue weighted by Gasteiger charge is 2.20. The van der Waals surface area contributed by atoms with Gasteiger partial charge in [-0.15, -0.1) is 0 Å². The van der Waals surface area contributed by atoms with Crippen molar-refractivity contribution in [3.05, 3.63) is 30.0 Å². The van der Waals surface area contributed by atoms with E-state index in [1.807, 2.05) is 19.0 Å². The first kappa shape index (κ1) is 16.4. The van der Waals surface area contributed by atoms with Crippen LogP contribution in [0, 0.1) is 0 Å². The van der Waals surface area contributed by atoms with Gasteiger partial charge < -0.3 is 24.6 Å². The minimum atomic E-state index is -0.246. The number of fused-ring (bicyclic) bond motifs is 1. The zero-order valence-corrected chi connectivity index (χ0v) is 14.9. The average Bonchev–Trinajstić information content (AvgIpc) is 3.32. The predicted octanol–water partition coefficient (Wildman–Crippen LogP) is 2.12. The summed E-state index contributed by atoms with van der Waals surface area (Å²) in [5.41, 5.74) is 1.06. The Morgan fingerprint density at radius 3 is 2.73 bits per heavy atom. The lowest BCUT2D eigenvalue weighted by atomic mass is 10.2. The van der Waals surface area contributed by atoms with E-state index in [2.05, 4.69) is 20.2 Å². The van der Waals surface area contributed by atoms with E-state index >= 15 is 0 Å². The van der Waals surface area contributed by atoms with Crippen molar-refractivity contribution in [2.24, 2.45) is 0 Å². The summed E-state index contributed by atoms with van der Waals surface area (Å²) in [6.45, 7) is 2.11. The Morgan fingerprint density at radius 1 is 1.19 bits per heavy atom. The maximum absolute atomic E-state index is 12.6. The Bertz CT molecular complexity index is 834. The Balaban J connectivity index is 1.57. The Kier molecular flexibility index (Phi) is 4.24. The number of amides is 1. The number of ether oxygens (including phenoxy) is 2. The van der Waals surface area contributed by atoms with E-state index in [-0.39, 0.29) is 12.7 Å². The van der Waals surface area contributed by atoms with Gasteiger partial charge in [-0.3, -0.25) is 4.79 Å². The molecule has 0 bridgehead atoms. The summed E-state index contributed by atoms with van der Waals surface area (Å²) in [7, 11) is 3.79. The van der Waals surface area contributed by atoms with Gasteiger partial charge >= 0.3 is 0 Å². The highest BCUT2D eigenvalue weighted by atomic mass is 16.7. The molecule has 8 nitrogen and oxygen atoms in total. The molecule has 1 fully saturated rings. The first-order valence-electron chi connectivity index (χ1n) is 8.62. The molecule has 0 aliphatic carbocycles. The van der Waals surface area contributed by atoms with Crippen LogP contribution in [-0.2, 0) is 0 Å². The summed E-state index contributed by atoms with van der Waals surface area (Å²) in [5.74, 6) is 2.35. The van der Waals surface area contributed by atoms with Gasteiger partial charge in [0, 0.05) is 32.7 Å². The van der Waals surface area contributed by atoms with E-state index in [4.69, 9.17) is 9.47 Å². The second-order valence-corrected chi connectivity index (χ2v) is 6.52. The highest BCUT2D eigenvalue weighted by Crippen LogP contribution is 2.33. The number of anilines is 3. The van der Waals surface area contributed by atoms with Crippen molar-refractivity contribution in [1.82, 2.24) is 9.97 Å². The number of benzene rings is 1. The maximum atomic E-state index is 12.6. The summed E-state index contributed by atoms with van der Waals surface area (Å²) in [6, 6.07) is 5.11. The second kappa shape index (κ2) is 6.70. The SMILES string of the molecule is CN(C)c1nc(N2CCCC2)ncc1NC(=O)c1ccc2c(c1)OCO2. The number of nitrogens with one attached hydrogen (secondary N) is 1. The van der Waals surface area contributed by atoms with Crippen LogP contribution in [0.25, 0.3) is 0 Å². The van der Waals surface area contributed by atoms with Crippen LogP contribution in [0.3, 0.4) is 0 Å². The maximum Gasteiger partial charge on any atom is 0.255 e. The minimum Gasteiger partial charge on any atom is -0.454 e.